The Bertz CT molecular complexity index is 428. The van der Waals surface area contributed by atoms with Gasteiger partial charge in [0, 0.05) is 3.58 Å². The third-order valence-electron chi connectivity index (χ3n) is 5.08. The van der Waals surface area contributed by atoms with Crippen molar-refractivity contribution in [3.63, 3.8) is 0 Å². The summed E-state index contributed by atoms with van der Waals surface area (Å²) in [5.74, 6) is 3.29. The van der Waals surface area contributed by atoms with Gasteiger partial charge in [0.25, 0.3) is 0 Å². The number of hydrogen-bond donors (Lipinski definition) is 0. The van der Waals surface area contributed by atoms with Gasteiger partial charge in [-0.05, 0) is 90.7 Å². The quantitative estimate of drug-likeness (QED) is 0.427. The van der Waals surface area contributed by atoms with E-state index in [0.29, 0.717) is 5.41 Å². The van der Waals surface area contributed by atoms with Crippen LogP contribution in [-0.2, 0) is 0 Å². The lowest BCUT2D eigenvalue weighted by atomic mass is 9.71. The highest BCUT2D eigenvalue weighted by Crippen LogP contribution is 2.61. The minimum Gasteiger partial charge on any atom is -0.0795 e. The Kier molecular flexibility index (Phi) is 3.26. The molecule has 0 aromatic heterocycles. The summed E-state index contributed by atoms with van der Waals surface area (Å²) in [6, 6.07) is 0. The molecule has 4 atom stereocenters. The van der Waals surface area contributed by atoms with Gasteiger partial charge in [-0.15, -0.1) is 0 Å². The number of hydrogen-bond acceptors (Lipinski definition) is 0. The molecular weight excluding hydrogens is 434 g/mol. The van der Waals surface area contributed by atoms with Gasteiger partial charge in [-0.1, -0.05) is 38.2 Å². The SMILES string of the molecule is CC1(C)C2C=C(I)C=CC2C2CC=C(I)CC21. The number of fused-ring (bicyclic) bond motifs is 3. The Labute approximate surface area is 131 Å². The molecule has 0 radical (unpaired) electrons. The first-order valence-electron chi connectivity index (χ1n) is 6.40. The smallest absolute Gasteiger partial charge is 0.00901 e. The Morgan fingerprint density at radius 1 is 1.29 bits per heavy atom. The van der Waals surface area contributed by atoms with Gasteiger partial charge in [-0.2, -0.15) is 0 Å². The Morgan fingerprint density at radius 2 is 2.06 bits per heavy atom. The molecule has 17 heavy (non-hydrogen) atoms. The fourth-order valence-electron chi connectivity index (χ4n) is 4.14. The topological polar surface area (TPSA) is 0 Å². The normalized spacial score (nSPS) is 42.6. The van der Waals surface area contributed by atoms with Crippen LogP contribution < -0.4 is 0 Å². The van der Waals surface area contributed by atoms with E-state index in [2.05, 4.69) is 83.3 Å². The average molecular weight is 452 g/mol. The van der Waals surface area contributed by atoms with Crippen LogP contribution in [-0.4, -0.2) is 0 Å². The summed E-state index contributed by atoms with van der Waals surface area (Å²) >= 11 is 5.00. The minimum atomic E-state index is 0.460. The van der Waals surface area contributed by atoms with Gasteiger partial charge in [-0.3, -0.25) is 0 Å². The van der Waals surface area contributed by atoms with Crippen molar-refractivity contribution in [1.29, 1.82) is 0 Å². The third-order valence-corrected chi connectivity index (χ3v) is 6.68. The van der Waals surface area contributed by atoms with Crippen molar-refractivity contribution < 1.29 is 0 Å². The molecule has 0 aromatic carbocycles. The molecule has 0 heterocycles. The largest absolute Gasteiger partial charge is 0.0795 e. The summed E-state index contributed by atoms with van der Waals surface area (Å²) in [5, 5.41) is 0. The maximum absolute atomic E-state index is 2.53. The van der Waals surface area contributed by atoms with Gasteiger partial charge in [0.1, 0.15) is 0 Å². The third kappa shape index (κ3) is 1.97. The van der Waals surface area contributed by atoms with Gasteiger partial charge in [-0.25, -0.2) is 0 Å². The predicted octanol–water partition coefficient (Wildman–Crippen LogP) is 5.49. The van der Waals surface area contributed by atoms with Crippen LogP contribution in [0.15, 0.2) is 31.5 Å². The molecule has 92 valence electrons. The van der Waals surface area contributed by atoms with Gasteiger partial charge < -0.3 is 0 Å². The van der Waals surface area contributed by atoms with Crippen LogP contribution in [0, 0.1) is 29.1 Å². The van der Waals surface area contributed by atoms with Crippen molar-refractivity contribution in [2.75, 3.05) is 0 Å². The van der Waals surface area contributed by atoms with Gasteiger partial charge in [0.2, 0.25) is 0 Å². The zero-order valence-corrected chi connectivity index (χ0v) is 14.6. The van der Waals surface area contributed by atoms with Crippen LogP contribution in [0.3, 0.4) is 0 Å². The van der Waals surface area contributed by atoms with E-state index in [1.807, 2.05) is 0 Å². The molecule has 1 saturated carbocycles. The lowest BCUT2D eigenvalue weighted by molar-refractivity contribution is 0.187. The number of rotatable bonds is 0. The van der Waals surface area contributed by atoms with Crippen LogP contribution in [0.1, 0.15) is 26.7 Å². The molecule has 0 amide bonds. The summed E-state index contributed by atoms with van der Waals surface area (Å²) in [4.78, 5) is 0. The summed E-state index contributed by atoms with van der Waals surface area (Å²) in [7, 11) is 0. The van der Waals surface area contributed by atoms with E-state index >= 15 is 0 Å². The molecule has 2 heteroatoms. The fraction of sp³-hybridized carbons (Fsp3) is 0.600. The summed E-state index contributed by atoms with van der Waals surface area (Å²) in [6.07, 6.45) is 12.4. The summed E-state index contributed by atoms with van der Waals surface area (Å²) < 4.78 is 3.01. The van der Waals surface area contributed by atoms with Crippen LogP contribution in [0.4, 0.5) is 0 Å². The molecule has 0 nitrogen and oxygen atoms in total. The van der Waals surface area contributed by atoms with Gasteiger partial charge >= 0.3 is 0 Å². The monoisotopic (exact) mass is 452 g/mol. The van der Waals surface area contributed by atoms with Gasteiger partial charge in [0.15, 0.2) is 0 Å². The second-order valence-corrected chi connectivity index (χ2v) is 8.83. The second-order valence-electron chi connectivity index (χ2n) is 6.20. The van der Waals surface area contributed by atoms with Crippen molar-refractivity contribution in [3.05, 3.63) is 31.5 Å². The van der Waals surface area contributed by atoms with E-state index < -0.39 is 0 Å². The van der Waals surface area contributed by atoms with E-state index in [1.54, 1.807) is 3.58 Å². The van der Waals surface area contributed by atoms with E-state index in [4.69, 9.17) is 0 Å². The Hall–Kier alpha value is 0.680. The minimum absolute atomic E-state index is 0.460. The molecule has 0 aromatic rings. The van der Waals surface area contributed by atoms with E-state index in [-0.39, 0.29) is 0 Å². The van der Waals surface area contributed by atoms with Crippen LogP contribution in [0.2, 0.25) is 0 Å². The van der Waals surface area contributed by atoms with E-state index in [1.165, 1.54) is 16.4 Å². The molecule has 3 rings (SSSR count). The summed E-state index contributed by atoms with van der Waals surface area (Å²) in [5.41, 5.74) is 0.460. The van der Waals surface area contributed by atoms with E-state index in [0.717, 1.165) is 23.7 Å². The highest BCUT2D eigenvalue weighted by atomic mass is 127. The average Bonchev–Trinajstić information content (AvgIpc) is 2.49. The zero-order chi connectivity index (χ0) is 12.2. The van der Waals surface area contributed by atoms with Crippen molar-refractivity contribution >= 4 is 45.2 Å². The van der Waals surface area contributed by atoms with Gasteiger partial charge in [0.05, 0.1) is 0 Å². The molecule has 0 bridgehead atoms. The molecule has 0 saturated heterocycles. The lowest BCUT2D eigenvalue weighted by Crippen LogP contribution is -2.27. The Morgan fingerprint density at radius 3 is 2.82 bits per heavy atom. The van der Waals surface area contributed by atoms with Crippen LogP contribution in [0.5, 0.6) is 0 Å². The first-order chi connectivity index (χ1) is 8.00. The predicted molar refractivity (Wildman–Crippen MR) is 90.3 cm³/mol. The highest BCUT2D eigenvalue weighted by molar-refractivity contribution is 14.1. The maximum Gasteiger partial charge on any atom is 0.00901 e. The molecule has 0 spiro atoms. The maximum atomic E-state index is 2.53. The molecule has 0 aliphatic heterocycles. The summed E-state index contributed by atoms with van der Waals surface area (Å²) in [6.45, 7) is 4.98. The molecule has 3 aliphatic carbocycles. The van der Waals surface area contributed by atoms with Crippen molar-refractivity contribution in [2.45, 2.75) is 26.7 Å². The van der Waals surface area contributed by atoms with Crippen molar-refractivity contribution in [3.8, 4) is 0 Å². The fourth-order valence-corrected chi connectivity index (χ4v) is 5.46. The standard InChI is InChI=1S/C15H18I2/c1-15(2)13-7-9(16)3-5-11(13)12-6-4-10(17)8-14(12)15/h3-5,7,11-14H,6,8H2,1-2H3. The molecule has 0 N–H and O–H groups in total. The zero-order valence-electron chi connectivity index (χ0n) is 10.3. The first kappa shape index (κ1) is 12.7. The number of halogens is 2. The lowest BCUT2D eigenvalue weighted by Gasteiger charge is -2.35. The Balaban J connectivity index is 2.01. The molecular formula is C15H18I2. The number of allylic oxidation sites excluding steroid dienone is 6. The molecule has 4 unspecified atom stereocenters. The second kappa shape index (κ2) is 4.36. The first-order valence-corrected chi connectivity index (χ1v) is 8.56. The van der Waals surface area contributed by atoms with Crippen LogP contribution in [0.25, 0.3) is 0 Å². The highest BCUT2D eigenvalue weighted by Gasteiger charge is 2.54. The van der Waals surface area contributed by atoms with Crippen molar-refractivity contribution in [1.82, 2.24) is 0 Å². The van der Waals surface area contributed by atoms with E-state index in [9.17, 15) is 0 Å². The van der Waals surface area contributed by atoms with Crippen LogP contribution >= 0.6 is 45.2 Å². The molecule has 3 aliphatic rings. The molecule has 1 fully saturated rings. The van der Waals surface area contributed by atoms with Crippen molar-refractivity contribution in [2.24, 2.45) is 29.1 Å².